The topological polar surface area (TPSA) is 517 Å². The second-order valence-corrected chi connectivity index (χ2v) is 40.0. The number of fused-ring (bicyclic) bond motifs is 4. The van der Waals surface area contributed by atoms with Gasteiger partial charge in [-0.15, -0.1) is 0 Å². The van der Waals surface area contributed by atoms with E-state index in [1.165, 1.54) is 19.3 Å². The van der Waals surface area contributed by atoms with E-state index in [0.29, 0.717) is 223 Å². The number of nitrogens with zero attached hydrogens (tertiary/aromatic N) is 11. The number of hydrogen-bond acceptors (Lipinski definition) is 31. The molecule has 12 heterocycles. The monoisotopic (exact) mass is 2110 g/mol. The molecule has 8 aliphatic rings. The van der Waals surface area contributed by atoms with Crippen molar-refractivity contribution in [3.05, 3.63) is 177 Å². The zero-order chi connectivity index (χ0) is 106. The summed E-state index contributed by atoms with van der Waals surface area (Å²) < 4.78 is 49.6. The standard InChI is InChI=1S/C50H63ClN10O10.C31H42ClN7O3.C25H32N2O10/c51-36-8-6-34(7-9-36)39(56-49(67)50(52)15-19-60(20-16-50)45-38-12-17-53-44(38)54-33-55-45)13-18-58-21-23-59(24-22-58)42(63)14-26-69-28-30-71-32-31-70-29-27-68-25-2-4-35-3-1-5-37-43(35)48(66)61(47(37)65)40-10-11-41(62)57-46(40)64;1-30(2,3)42-29(41)37-31(13-19-39(20-14-31)27-24-11-15-33-26(24)34-21-35-27)28(40)36-25(22-7-9-23(32)10-8-22)12-18-38-16-5-4-6-17-38;28-20-7-6-19(23(31)26-20)27-24(32)18-5-1-3-17(22(18)25(27)33)4-2-9-34-11-13-36-15-16-37-14-12-35-10-8-21(29)30/h1,3,5-9,12,17,33,39-40H,2,4,10-11,13-16,18-32,52H2,(H,56,67)(H,53,54,55)(H,57,62,64);7-11,15,21,25H,4-6,12-14,16-20H2,1-3H3,(H,36,40)(H,37,41)(H,33,34,35);1,3,5,19H,2,4,6-16H2,(H,29,30)(H,26,28,31)/t39-,40?;25-;/m00./s1. The first-order valence-electron chi connectivity index (χ1n) is 51.7. The quantitative estimate of drug-likeness (QED) is 0.0127. The molecule has 8 aromatic rings. The van der Waals surface area contributed by atoms with E-state index >= 15 is 0 Å². The molecule has 16 rings (SSSR count). The number of halogens is 2. The van der Waals surface area contributed by atoms with E-state index in [1.54, 1.807) is 49.1 Å². The molecule has 42 nitrogen and oxygen atoms in total. The molecule has 44 heteroatoms. The molecule has 0 aliphatic carbocycles. The van der Waals surface area contributed by atoms with E-state index < -0.39 is 88.1 Å². The Hall–Kier alpha value is -12.4. The first-order valence-corrected chi connectivity index (χ1v) is 52.5. The van der Waals surface area contributed by atoms with E-state index in [0.717, 1.165) is 106 Å². The fourth-order valence-electron chi connectivity index (χ4n) is 19.6. The van der Waals surface area contributed by atoms with Crippen LogP contribution in [0, 0.1) is 0 Å². The summed E-state index contributed by atoms with van der Waals surface area (Å²) >= 11 is 12.4. The number of H-pyrrole nitrogens is 2. The number of piperidine rings is 5. The maximum Gasteiger partial charge on any atom is 0.408 e. The van der Waals surface area contributed by atoms with Crippen LogP contribution in [0.25, 0.3) is 22.1 Å². The predicted octanol–water partition coefficient (Wildman–Crippen LogP) is 8.56. The minimum Gasteiger partial charge on any atom is -0.481 e. The zero-order valence-electron chi connectivity index (χ0n) is 85.3. The molecule has 8 aliphatic heterocycles. The summed E-state index contributed by atoms with van der Waals surface area (Å²) in [5.74, 6) is -3.71. The van der Waals surface area contributed by atoms with Crippen molar-refractivity contribution >= 4 is 134 Å². The van der Waals surface area contributed by atoms with Gasteiger partial charge in [-0.25, -0.2) is 24.7 Å². The van der Waals surface area contributed by atoms with Crippen LogP contribution in [0.1, 0.15) is 206 Å². The number of benzene rings is 4. The number of aryl methyl sites for hydroxylation is 2. The third-order valence-electron chi connectivity index (χ3n) is 27.7. The summed E-state index contributed by atoms with van der Waals surface area (Å²) in [5, 5.41) is 25.6. The van der Waals surface area contributed by atoms with Gasteiger partial charge in [-0.1, -0.05) is 78.2 Å². The van der Waals surface area contributed by atoms with Gasteiger partial charge in [0.15, 0.2) is 0 Å². The molecule has 10 N–H and O–H groups in total. The van der Waals surface area contributed by atoms with Crippen LogP contribution in [0.4, 0.5) is 16.4 Å². The average Bonchev–Trinajstić information content (AvgIpc) is 1.60. The number of carbonyl (C=O) groups is 13. The molecule has 0 bridgehead atoms. The second kappa shape index (κ2) is 55.5. The Morgan fingerprint density at radius 3 is 1.31 bits per heavy atom. The Morgan fingerprint density at radius 2 is 0.880 bits per heavy atom. The molecule has 4 aromatic carbocycles. The number of carbonyl (C=O) groups excluding carboxylic acids is 12. The van der Waals surface area contributed by atoms with Crippen LogP contribution >= 0.6 is 23.2 Å². The van der Waals surface area contributed by atoms with Crippen molar-refractivity contribution in [2.75, 3.05) is 194 Å². The molecule has 6 fully saturated rings. The molecule has 12 amide bonds. The molecule has 2 unspecified atom stereocenters. The second-order valence-electron chi connectivity index (χ2n) is 39.1. The van der Waals surface area contributed by atoms with Crippen LogP contribution in [-0.4, -0.2) is 350 Å². The minimum atomic E-state index is -1.14. The Kier molecular flexibility index (Phi) is 41.9. The molecule has 0 spiro atoms. The van der Waals surface area contributed by atoms with Crippen molar-refractivity contribution in [1.29, 1.82) is 0 Å². The van der Waals surface area contributed by atoms with Crippen LogP contribution in [0.3, 0.4) is 0 Å². The van der Waals surface area contributed by atoms with Gasteiger partial charge in [-0.2, -0.15) is 0 Å². The Morgan fingerprint density at radius 1 is 0.473 bits per heavy atom. The largest absolute Gasteiger partial charge is 0.481 e. The molecular weight excluding hydrogens is 1980 g/mol. The van der Waals surface area contributed by atoms with Gasteiger partial charge < -0.3 is 99.0 Å². The van der Waals surface area contributed by atoms with Crippen molar-refractivity contribution in [3.63, 3.8) is 0 Å². The van der Waals surface area contributed by atoms with E-state index in [9.17, 15) is 62.3 Å². The van der Waals surface area contributed by atoms with E-state index in [2.05, 4.69) is 76.1 Å². The lowest BCUT2D eigenvalue weighted by Crippen LogP contribution is -2.64. The maximum absolute atomic E-state index is 14.3. The third-order valence-corrected chi connectivity index (χ3v) is 28.2. The van der Waals surface area contributed by atoms with E-state index in [-0.39, 0.29) is 86.1 Å². The van der Waals surface area contributed by atoms with Crippen LogP contribution in [0.15, 0.2) is 122 Å². The number of aromatic nitrogens is 6. The zero-order valence-corrected chi connectivity index (χ0v) is 86.8. The number of hydrogen-bond donors (Lipinski definition) is 9. The number of ether oxygens (including phenoxy) is 9. The fourth-order valence-corrected chi connectivity index (χ4v) is 19.8. The smallest absolute Gasteiger partial charge is 0.408 e. The summed E-state index contributed by atoms with van der Waals surface area (Å²) in [7, 11) is 0. The van der Waals surface area contributed by atoms with E-state index in [4.69, 9.17) is 76.7 Å². The predicted molar refractivity (Wildman–Crippen MR) is 553 cm³/mol. The number of aromatic amines is 2. The van der Waals surface area contributed by atoms with Crippen LogP contribution < -0.4 is 42.1 Å². The number of carboxylic acid groups (broad SMARTS) is 1. The summed E-state index contributed by atoms with van der Waals surface area (Å²) in [6.07, 6.45) is 15.9. The highest BCUT2D eigenvalue weighted by Crippen LogP contribution is 2.37. The fraction of sp³-hybridized carbons (Fsp3) is 0.538. The van der Waals surface area contributed by atoms with Crippen molar-refractivity contribution in [1.82, 2.24) is 81.0 Å². The summed E-state index contributed by atoms with van der Waals surface area (Å²) in [6.45, 7) is 20.0. The maximum atomic E-state index is 14.3. The van der Waals surface area contributed by atoms with Gasteiger partial charge in [0.05, 0.1) is 156 Å². The number of anilines is 2. The van der Waals surface area contributed by atoms with Gasteiger partial charge in [0.25, 0.3) is 23.6 Å². The van der Waals surface area contributed by atoms with Gasteiger partial charge in [0.1, 0.15) is 58.8 Å². The minimum absolute atomic E-state index is 0.0301. The summed E-state index contributed by atoms with van der Waals surface area (Å²) in [6, 6.07) is 26.8. The van der Waals surface area contributed by atoms with Crippen molar-refractivity contribution in [2.24, 2.45) is 5.73 Å². The lowest BCUT2D eigenvalue weighted by molar-refractivity contribution is -0.139. The van der Waals surface area contributed by atoms with Crippen LogP contribution in [-0.2, 0) is 93.8 Å². The normalized spacial score (nSPS) is 18.3. The van der Waals surface area contributed by atoms with Crippen molar-refractivity contribution < 1.29 is 110 Å². The Labute approximate surface area is 880 Å². The lowest BCUT2D eigenvalue weighted by Gasteiger charge is -2.42. The average molecular weight is 2120 g/mol. The first-order chi connectivity index (χ1) is 72.5. The number of aliphatic carboxylic acids is 1. The molecule has 0 radical (unpaired) electrons. The third kappa shape index (κ3) is 31.4. The molecule has 808 valence electrons. The van der Waals surface area contributed by atoms with Crippen LogP contribution in [0.5, 0.6) is 0 Å². The van der Waals surface area contributed by atoms with E-state index in [1.807, 2.05) is 98.7 Å². The van der Waals surface area contributed by atoms with Crippen molar-refractivity contribution in [2.45, 2.75) is 184 Å². The van der Waals surface area contributed by atoms with Gasteiger partial charge in [-0.05, 0) is 195 Å². The number of likely N-dealkylation sites (tertiary alicyclic amines) is 1. The molecule has 6 saturated heterocycles. The SMILES string of the molecule is CC(C)(C)OC(=O)NC1(C(=O)N[C@@H](CCN2CCCCC2)c2ccc(Cl)cc2)CCN(c2ncnc3[nH]ccc23)CC1.NC1(C(=O)N[C@@H](CCN2CCN(C(=O)CCOCCOCCOCCOCCCc3cccc4c3C(=O)N(C3CCC(=O)NC3=O)C4=O)CC2)c2ccc(Cl)cc2)CCN(c2ncnc3[nH]ccc23)CC1.O=C(O)CCOCCOCCOCCOCCCc1cccc2c1C(=O)N(C1CCC(=O)NC1=O)C2=O. The number of nitrogens with two attached hydrogens (primary N) is 1. The highest BCUT2D eigenvalue weighted by atomic mass is 35.5. The first kappa shape index (κ1) is 113. The number of amides is 12. The number of carboxylic acids is 1. The van der Waals surface area contributed by atoms with Gasteiger partial charge >= 0.3 is 12.1 Å². The molecule has 150 heavy (non-hydrogen) atoms. The number of alkyl carbamates (subject to hydrolysis) is 1. The molecule has 0 saturated carbocycles. The van der Waals surface area contributed by atoms with Gasteiger partial charge in [0, 0.05) is 114 Å². The van der Waals surface area contributed by atoms with Gasteiger partial charge in [0.2, 0.25) is 41.4 Å². The summed E-state index contributed by atoms with van der Waals surface area (Å²) in [4.78, 5) is 201. The Balaban J connectivity index is 0.000000191. The summed E-state index contributed by atoms with van der Waals surface area (Å²) in [5.41, 5.74) is 10.0. The molecule has 4 aromatic heterocycles. The van der Waals surface area contributed by atoms with Crippen LogP contribution in [0.2, 0.25) is 10.0 Å². The number of piperazine rings is 1. The number of rotatable bonds is 49. The number of imide groups is 4. The molecule has 4 atom stereocenters. The van der Waals surface area contributed by atoms with Gasteiger partial charge in [-0.3, -0.25) is 82.9 Å². The number of nitrogens with one attached hydrogen (secondary N) is 7. The highest BCUT2D eigenvalue weighted by molar-refractivity contribution is 6.31. The Bertz CT molecular complexity index is 5940. The highest BCUT2D eigenvalue weighted by Gasteiger charge is 2.50. The molecular formula is C106H137Cl2N19O23. The van der Waals surface area contributed by atoms with Crippen molar-refractivity contribution in [3.8, 4) is 0 Å². The lowest BCUT2D eigenvalue weighted by atomic mass is 9.85.